The van der Waals surface area contributed by atoms with Gasteiger partial charge in [-0.25, -0.2) is 0 Å². The summed E-state index contributed by atoms with van der Waals surface area (Å²) in [5.74, 6) is 0.655. The van der Waals surface area contributed by atoms with E-state index in [0.29, 0.717) is 18.1 Å². The second-order valence-corrected chi connectivity index (χ2v) is 5.46. The fraction of sp³-hybridized carbons (Fsp3) is 0.923. The highest BCUT2D eigenvalue weighted by molar-refractivity contribution is 5.79. The van der Waals surface area contributed by atoms with Crippen LogP contribution in [-0.2, 0) is 9.53 Å². The molecule has 0 bridgehead atoms. The second-order valence-electron chi connectivity index (χ2n) is 5.46. The first kappa shape index (κ1) is 11.5. The molecular formula is C13H22N2O2. The predicted octanol–water partition coefficient (Wildman–Crippen LogP) is 0.766. The summed E-state index contributed by atoms with van der Waals surface area (Å²) in [7, 11) is 0. The number of carbonyl (C=O) groups is 1. The lowest BCUT2D eigenvalue weighted by atomic mass is 9.95. The Kier molecular flexibility index (Phi) is 3.34. The average Bonchev–Trinajstić information content (AvgIpc) is 2.87. The van der Waals surface area contributed by atoms with Gasteiger partial charge in [0.25, 0.3) is 0 Å². The number of carbonyl (C=O) groups excluding carboxylic acids is 1. The number of morpholine rings is 1. The molecule has 3 aliphatic rings. The minimum absolute atomic E-state index is 0.260. The molecule has 3 rings (SSSR count). The van der Waals surface area contributed by atoms with Gasteiger partial charge in [-0.05, 0) is 45.2 Å². The molecule has 1 saturated carbocycles. The lowest BCUT2D eigenvalue weighted by molar-refractivity contribution is -0.149. The zero-order valence-electron chi connectivity index (χ0n) is 10.4. The maximum Gasteiger partial charge on any atom is 0.226 e. The topological polar surface area (TPSA) is 41.6 Å². The number of nitrogens with zero attached hydrogens (tertiary/aromatic N) is 1. The van der Waals surface area contributed by atoms with Gasteiger partial charge in [0.05, 0.1) is 18.8 Å². The van der Waals surface area contributed by atoms with E-state index >= 15 is 0 Å². The van der Waals surface area contributed by atoms with Gasteiger partial charge in [0.1, 0.15) is 0 Å². The molecule has 2 saturated heterocycles. The van der Waals surface area contributed by atoms with Gasteiger partial charge in [-0.2, -0.15) is 0 Å². The number of nitrogens with one attached hydrogen (secondary N) is 1. The van der Waals surface area contributed by atoms with Crippen molar-refractivity contribution in [1.29, 1.82) is 0 Å². The van der Waals surface area contributed by atoms with E-state index in [0.717, 1.165) is 51.9 Å². The van der Waals surface area contributed by atoms with Crippen LogP contribution in [0.4, 0.5) is 0 Å². The highest BCUT2D eigenvalue weighted by atomic mass is 16.5. The highest BCUT2D eigenvalue weighted by Crippen LogP contribution is 2.31. The molecule has 3 fully saturated rings. The molecule has 1 aliphatic carbocycles. The second kappa shape index (κ2) is 4.94. The molecule has 17 heavy (non-hydrogen) atoms. The van der Waals surface area contributed by atoms with Crippen LogP contribution in [0.15, 0.2) is 0 Å². The summed E-state index contributed by atoms with van der Waals surface area (Å²) in [4.78, 5) is 14.7. The van der Waals surface area contributed by atoms with Crippen LogP contribution >= 0.6 is 0 Å². The van der Waals surface area contributed by atoms with Gasteiger partial charge >= 0.3 is 0 Å². The van der Waals surface area contributed by atoms with Crippen molar-refractivity contribution in [3.63, 3.8) is 0 Å². The van der Waals surface area contributed by atoms with Crippen molar-refractivity contribution in [2.75, 3.05) is 26.2 Å². The van der Waals surface area contributed by atoms with E-state index in [9.17, 15) is 4.79 Å². The molecule has 2 atom stereocenters. The third kappa shape index (κ3) is 2.20. The molecule has 96 valence electrons. The summed E-state index contributed by atoms with van der Waals surface area (Å²) >= 11 is 0. The summed E-state index contributed by atoms with van der Waals surface area (Å²) < 4.78 is 5.76. The van der Waals surface area contributed by atoms with Crippen LogP contribution in [-0.4, -0.2) is 49.2 Å². The lowest BCUT2D eigenvalue weighted by Crippen LogP contribution is -2.53. The molecule has 2 heterocycles. The quantitative estimate of drug-likeness (QED) is 0.733. The number of ether oxygens (including phenoxy) is 1. The van der Waals surface area contributed by atoms with E-state index in [4.69, 9.17) is 4.74 Å². The molecule has 2 aliphatic heterocycles. The van der Waals surface area contributed by atoms with Crippen LogP contribution in [0.1, 0.15) is 32.1 Å². The fourth-order valence-electron chi connectivity index (χ4n) is 3.50. The molecule has 0 radical (unpaired) electrons. The van der Waals surface area contributed by atoms with E-state index in [1.54, 1.807) is 0 Å². The van der Waals surface area contributed by atoms with Crippen LogP contribution < -0.4 is 5.32 Å². The zero-order valence-corrected chi connectivity index (χ0v) is 10.4. The molecule has 2 unspecified atom stereocenters. The Hall–Kier alpha value is -0.610. The highest BCUT2D eigenvalue weighted by Gasteiger charge is 2.40. The molecular weight excluding hydrogens is 216 g/mol. The Balaban J connectivity index is 1.67. The van der Waals surface area contributed by atoms with Crippen molar-refractivity contribution in [1.82, 2.24) is 10.2 Å². The molecule has 0 aromatic heterocycles. The van der Waals surface area contributed by atoms with E-state index in [1.165, 1.54) is 6.42 Å². The first-order chi connectivity index (χ1) is 8.36. The number of amides is 1. The molecule has 0 spiro atoms. The summed E-state index contributed by atoms with van der Waals surface area (Å²) in [6.07, 6.45) is 5.84. The van der Waals surface area contributed by atoms with Crippen molar-refractivity contribution in [3.8, 4) is 0 Å². The summed E-state index contributed by atoms with van der Waals surface area (Å²) in [6.45, 7) is 3.53. The van der Waals surface area contributed by atoms with E-state index < -0.39 is 0 Å². The average molecular weight is 238 g/mol. The van der Waals surface area contributed by atoms with Crippen molar-refractivity contribution >= 4 is 5.91 Å². The van der Waals surface area contributed by atoms with E-state index in [-0.39, 0.29) is 5.92 Å². The van der Waals surface area contributed by atoms with Crippen LogP contribution in [0, 0.1) is 5.92 Å². The van der Waals surface area contributed by atoms with Gasteiger partial charge in [-0.15, -0.1) is 0 Å². The zero-order chi connectivity index (χ0) is 11.7. The van der Waals surface area contributed by atoms with Crippen LogP contribution in [0.3, 0.4) is 0 Å². The third-order valence-corrected chi connectivity index (χ3v) is 4.45. The maximum absolute atomic E-state index is 12.5. The van der Waals surface area contributed by atoms with Crippen molar-refractivity contribution in [2.45, 2.75) is 44.2 Å². The molecule has 1 N–H and O–H groups in total. The molecule has 4 nitrogen and oxygen atoms in total. The maximum atomic E-state index is 12.5. The van der Waals surface area contributed by atoms with Crippen LogP contribution in [0.2, 0.25) is 0 Å². The van der Waals surface area contributed by atoms with Gasteiger partial charge in [0.2, 0.25) is 5.91 Å². The largest absolute Gasteiger partial charge is 0.374 e. The first-order valence-corrected chi connectivity index (χ1v) is 6.99. The fourth-order valence-corrected chi connectivity index (χ4v) is 3.50. The predicted molar refractivity (Wildman–Crippen MR) is 64.7 cm³/mol. The lowest BCUT2D eigenvalue weighted by Gasteiger charge is -2.40. The molecule has 4 heteroatoms. The summed E-state index contributed by atoms with van der Waals surface area (Å²) in [6, 6.07) is 0.381. The summed E-state index contributed by atoms with van der Waals surface area (Å²) in [5.41, 5.74) is 0. The number of piperidine rings is 1. The molecule has 1 amide bonds. The number of rotatable bonds is 1. The standard InChI is InChI=1S/C13H22N2O2/c16-13(10-4-6-14-7-5-10)15-8-9-17-12-3-1-2-11(12)15/h10-12,14H,1-9H2. The Bertz CT molecular complexity index is 289. The van der Waals surface area contributed by atoms with Crippen molar-refractivity contribution < 1.29 is 9.53 Å². The van der Waals surface area contributed by atoms with E-state index in [1.807, 2.05) is 0 Å². The SMILES string of the molecule is O=C(C1CCNCC1)N1CCOC2CCCC21. The van der Waals surface area contributed by atoms with E-state index in [2.05, 4.69) is 10.2 Å². The van der Waals surface area contributed by atoms with Crippen molar-refractivity contribution in [3.05, 3.63) is 0 Å². The number of hydrogen-bond acceptors (Lipinski definition) is 3. The minimum atomic E-state index is 0.260. The van der Waals surface area contributed by atoms with Gasteiger partial charge in [0.15, 0.2) is 0 Å². The monoisotopic (exact) mass is 238 g/mol. The van der Waals surface area contributed by atoms with Crippen LogP contribution in [0.25, 0.3) is 0 Å². The smallest absolute Gasteiger partial charge is 0.226 e. The normalized spacial score (nSPS) is 34.7. The van der Waals surface area contributed by atoms with Gasteiger partial charge in [-0.1, -0.05) is 0 Å². The number of fused-ring (bicyclic) bond motifs is 1. The molecule has 0 aromatic rings. The molecule has 0 aromatic carbocycles. The minimum Gasteiger partial charge on any atom is -0.374 e. The summed E-state index contributed by atoms with van der Waals surface area (Å²) in [5, 5.41) is 3.32. The Morgan fingerprint density at radius 3 is 2.82 bits per heavy atom. The number of hydrogen-bond donors (Lipinski definition) is 1. The van der Waals surface area contributed by atoms with Gasteiger partial charge in [0, 0.05) is 12.5 Å². The Morgan fingerprint density at radius 2 is 2.00 bits per heavy atom. The first-order valence-electron chi connectivity index (χ1n) is 6.99. The van der Waals surface area contributed by atoms with Crippen LogP contribution in [0.5, 0.6) is 0 Å². The Labute approximate surface area is 103 Å². The Morgan fingerprint density at radius 1 is 1.18 bits per heavy atom. The third-order valence-electron chi connectivity index (χ3n) is 4.45. The van der Waals surface area contributed by atoms with Gasteiger partial charge < -0.3 is 15.0 Å². The van der Waals surface area contributed by atoms with Crippen molar-refractivity contribution in [2.24, 2.45) is 5.92 Å². The van der Waals surface area contributed by atoms with Gasteiger partial charge in [-0.3, -0.25) is 4.79 Å².